The summed E-state index contributed by atoms with van der Waals surface area (Å²) in [6.45, 7) is 1.43. The van der Waals surface area contributed by atoms with Crippen molar-refractivity contribution in [1.29, 1.82) is 0 Å². The first-order valence-electron chi connectivity index (χ1n) is 7.49. The zero-order valence-electron chi connectivity index (χ0n) is 13.9. The van der Waals surface area contributed by atoms with E-state index in [9.17, 15) is 13.2 Å². The molecule has 136 valence electrons. The Bertz CT molecular complexity index is 672. The Morgan fingerprint density at radius 1 is 1.36 bits per heavy atom. The molecule has 0 saturated carbocycles. The summed E-state index contributed by atoms with van der Waals surface area (Å²) in [6, 6.07) is 4.21. The van der Waals surface area contributed by atoms with Crippen molar-refractivity contribution in [2.45, 2.75) is 12.7 Å². The second-order valence-corrected chi connectivity index (χ2v) is 5.97. The van der Waals surface area contributed by atoms with Crippen LogP contribution in [0.25, 0.3) is 0 Å². The summed E-state index contributed by atoms with van der Waals surface area (Å²) in [5.74, 6) is 0.853. The average molecular weight is 372 g/mol. The SMILES string of the molecule is CN=C(NCCOc1ccc(C(F)(F)F)cn1)N(C)Cc1ccsc1. The van der Waals surface area contributed by atoms with E-state index in [1.165, 1.54) is 11.6 Å². The molecule has 2 aromatic rings. The fourth-order valence-corrected chi connectivity index (χ4v) is 2.73. The second kappa shape index (κ2) is 8.70. The quantitative estimate of drug-likeness (QED) is 0.480. The number of hydrogen-bond donors (Lipinski definition) is 1. The summed E-state index contributed by atoms with van der Waals surface area (Å²) in [4.78, 5) is 9.82. The number of ether oxygens (including phenoxy) is 1. The van der Waals surface area contributed by atoms with E-state index in [4.69, 9.17) is 4.74 Å². The predicted molar refractivity (Wildman–Crippen MR) is 91.9 cm³/mol. The Morgan fingerprint density at radius 3 is 2.72 bits per heavy atom. The molecule has 0 saturated heterocycles. The summed E-state index contributed by atoms with van der Waals surface area (Å²) < 4.78 is 42.7. The second-order valence-electron chi connectivity index (χ2n) is 5.19. The third-order valence-corrected chi connectivity index (χ3v) is 4.00. The maximum Gasteiger partial charge on any atom is 0.417 e. The minimum atomic E-state index is -4.40. The number of aliphatic imine (C=N–C) groups is 1. The van der Waals surface area contributed by atoms with Gasteiger partial charge < -0.3 is 15.0 Å². The van der Waals surface area contributed by atoms with Gasteiger partial charge in [0.25, 0.3) is 0 Å². The van der Waals surface area contributed by atoms with E-state index in [1.54, 1.807) is 18.4 Å². The van der Waals surface area contributed by atoms with Crippen molar-refractivity contribution in [2.75, 3.05) is 27.2 Å². The highest BCUT2D eigenvalue weighted by Gasteiger charge is 2.30. The van der Waals surface area contributed by atoms with Gasteiger partial charge in [-0.05, 0) is 28.5 Å². The molecule has 0 bridgehead atoms. The molecule has 5 nitrogen and oxygen atoms in total. The average Bonchev–Trinajstić information content (AvgIpc) is 3.07. The van der Waals surface area contributed by atoms with E-state index in [1.807, 2.05) is 23.4 Å². The molecule has 2 rings (SSSR count). The van der Waals surface area contributed by atoms with Gasteiger partial charge in [0.2, 0.25) is 5.88 Å². The topological polar surface area (TPSA) is 49.8 Å². The first-order valence-corrected chi connectivity index (χ1v) is 8.43. The predicted octanol–water partition coefficient (Wildman–Crippen LogP) is 3.25. The molecule has 0 fully saturated rings. The molecule has 25 heavy (non-hydrogen) atoms. The highest BCUT2D eigenvalue weighted by molar-refractivity contribution is 7.07. The molecule has 0 radical (unpaired) electrons. The van der Waals surface area contributed by atoms with Crippen molar-refractivity contribution in [2.24, 2.45) is 4.99 Å². The van der Waals surface area contributed by atoms with Gasteiger partial charge in [-0.3, -0.25) is 4.99 Å². The number of guanidine groups is 1. The lowest BCUT2D eigenvalue weighted by molar-refractivity contribution is -0.137. The Morgan fingerprint density at radius 2 is 2.16 bits per heavy atom. The zero-order chi connectivity index (χ0) is 18.3. The molecule has 2 heterocycles. The van der Waals surface area contributed by atoms with Crippen LogP contribution < -0.4 is 10.1 Å². The van der Waals surface area contributed by atoms with Crippen LogP contribution in [0.2, 0.25) is 0 Å². The fraction of sp³-hybridized carbons (Fsp3) is 0.375. The van der Waals surface area contributed by atoms with Gasteiger partial charge in [-0.2, -0.15) is 24.5 Å². The maximum atomic E-state index is 12.5. The molecule has 0 atom stereocenters. The molecule has 2 aromatic heterocycles. The number of alkyl halides is 3. The van der Waals surface area contributed by atoms with Crippen molar-refractivity contribution in [3.63, 3.8) is 0 Å². The van der Waals surface area contributed by atoms with Gasteiger partial charge in [0, 0.05) is 32.9 Å². The Hall–Kier alpha value is -2.29. The molecule has 0 aliphatic carbocycles. The fourth-order valence-electron chi connectivity index (χ4n) is 2.07. The van der Waals surface area contributed by atoms with E-state index < -0.39 is 11.7 Å². The number of nitrogens with one attached hydrogen (secondary N) is 1. The first kappa shape index (κ1) is 19.0. The smallest absolute Gasteiger partial charge is 0.417 e. The maximum absolute atomic E-state index is 12.5. The monoisotopic (exact) mass is 372 g/mol. The van der Waals surface area contributed by atoms with Crippen molar-refractivity contribution in [3.8, 4) is 5.88 Å². The standard InChI is InChI=1S/C16H19F3N4OS/c1-20-15(23(2)10-12-5-8-25-11-12)21-6-7-24-14-4-3-13(9-22-14)16(17,18)19/h3-5,8-9,11H,6-7,10H2,1-2H3,(H,20,21). The molecular formula is C16H19F3N4OS. The Labute approximate surface area is 148 Å². The normalized spacial score (nSPS) is 12.1. The van der Waals surface area contributed by atoms with Crippen molar-refractivity contribution in [1.82, 2.24) is 15.2 Å². The molecule has 0 aliphatic rings. The van der Waals surface area contributed by atoms with Crippen molar-refractivity contribution >= 4 is 17.3 Å². The number of thiophene rings is 1. The lowest BCUT2D eigenvalue weighted by atomic mass is 10.3. The van der Waals surface area contributed by atoms with Crippen LogP contribution in [0.5, 0.6) is 5.88 Å². The van der Waals surface area contributed by atoms with E-state index in [0.29, 0.717) is 12.5 Å². The number of aromatic nitrogens is 1. The van der Waals surface area contributed by atoms with Gasteiger partial charge in [-0.25, -0.2) is 4.98 Å². The van der Waals surface area contributed by atoms with Crippen LogP contribution in [0.4, 0.5) is 13.2 Å². The van der Waals surface area contributed by atoms with Gasteiger partial charge >= 0.3 is 6.18 Å². The molecule has 0 unspecified atom stereocenters. The van der Waals surface area contributed by atoms with Gasteiger partial charge in [-0.1, -0.05) is 0 Å². The van der Waals surface area contributed by atoms with Crippen molar-refractivity contribution < 1.29 is 17.9 Å². The Kier molecular flexibility index (Phi) is 6.63. The molecule has 9 heteroatoms. The molecule has 0 amide bonds. The van der Waals surface area contributed by atoms with Crippen LogP contribution in [0.1, 0.15) is 11.1 Å². The number of nitrogens with zero attached hydrogens (tertiary/aromatic N) is 3. The molecule has 0 spiro atoms. The molecular weight excluding hydrogens is 353 g/mol. The molecule has 0 aliphatic heterocycles. The van der Waals surface area contributed by atoms with E-state index in [2.05, 4.69) is 20.7 Å². The lowest BCUT2D eigenvalue weighted by Crippen LogP contribution is -2.40. The number of hydrogen-bond acceptors (Lipinski definition) is 4. The van der Waals surface area contributed by atoms with Crippen LogP contribution in [0, 0.1) is 0 Å². The highest BCUT2D eigenvalue weighted by Crippen LogP contribution is 2.29. The number of halogens is 3. The largest absolute Gasteiger partial charge is 0.476 e. The van der Waals surface area contributed by atoms with E-state index in [0.717, 1.165) is 18.8 Å². The van der Waals surface area contributed by atoms with Crippen LogP contribution in [-0.2, 0) is 12.7 Å². The van der Waals surface area contributed by atoms with Crippen LogP contribution in [-0.4, -0.2) is 43.1 Å². The minimum Gasteiger partial charge on any atom is -0.476 e. The first-order chi connectivity index (χ1) is 11.9. The van der Waals surface area contributed by atoms with Gasteiger partial charge in [-0.15, -0.1) is 0 Å². The summed E-state index contributed by atoms with van der Waals surface area (Å²) in [5.41, 5.74) is 0.397. The van der Waals surface area contributed by atoms with Crippen molar-refractivity contribution in [3.05, 3.63) is 46.3 Å². The van der Waals surface area contributed by atoms with Crippen LogP contribution in [0.15, 0.2) is 40.1 Å². The molecule has 1 N–H and O–H groups in total. The number of rotatable bonds is 6. The van der Waals surface area contributed by atoms with Crippen LogP contribution >= 0.6 is 11.3 Å². The summed E-state index contributed by atoms with van der Waals surface area (Å²) in [7, 11) is 3.61. The highest BCUT2D eigenvalue weighted by atomic mass is 32.1. The van der Waals surface area contributed by atoms with Gasteiger partial charge in [0.05, 0.1) is 12.1 Å². The van der Waals surface area contributed by atoms with Crippen LogP contribution in [0.3, 0.4) is 0 Å². The van der Waals surface area contributed by atoms with Gasteiger partial charge in [0.15, 0.2) is 5.96 Å². The Balaban J connectivity index is 1.75. The third kappa shape index (κ3) is 5.93. The summed E-state index contributed by atoms with van der Waals surface area (Å²) >= 11 is 1.64. The lowest BCUT2D eigenvalue weighted by Gasteiger charge is -2.21. The molecule has 0 aromatic carbocycles. The number of pyridine rings is 1. The third-order valence-electron chi connectivity index (χ3n) is 3.27. The van der Waals surface area contributed by atoms with E-state index in [-0.39, 0.29) is 12.5 Å². The summed E-state index contributed by atoms with van der Waals surface area (Å²) in [6.07, 6.45) is -3.64. The van der Waals surface area contributed by atoms with E-state index >= 15 is 0 Å². The van der Waals surface area contributed by atoms with Gasteiger partial charge in [0.1, 0.15) is 6.61 Å². The zero-order valence-corrected chi connectivity index (χ0v) is 14.7. The summed E-state index contributed by atoms with van der Waals surface area (Å²) in [5, 5.41) is 7.22. The minimum absolute atomic E-state index is 0.149.